The number of amides is 2. The molecule has 2 rings (SSSR count). The molecule has 4 heteroatoms. The second-order valence-corrected chi connectivity index (χ2v) is 4.48. The number of carbonyl (C=O) groups excluding carboxylic acids is 1. The van der Waals surface area contributed by atoms with Gasteiger partial charge >= 0.3 is 6.03 Å². The molecule has 0 spiro atoms. The molecule has 0 unspecified atom stereocenters. The number of hydrogen-bond donors (Lipinski definition) is 2. The fraction of sp³-hybridized carbons (Fsp3) is 0.364. The van der Waals surface area contributed by atoms with E-state index in [0.29, 0.717) is 6.04 Å². The minimum atomic E-state index is -0.101. The minimum Gasteiger partial charge on any atom is -0.335 e. The predicted octanol–water partition coefficient (Wildman–Crippen LogP) is 2.69. The van der Waals surface area contributed by atoms with Crippen LogP contribution in [0.1, 0.15) is 12.8 Å². The summed E-state index contributed by atoms with van der Waals surface area (Å²) in [4.78, 5) is 12.6. The zero-order valence-electron chi connectivity index (χ0n) is 8.62. The van der Waals surface area contributed by atoms with Gasteiger partial charge in [0.05, 0.1) is 0 Å². The average Bonchev–Trinajstić information content (AvgIpc) is 3.02. The monoisotopic (exact) mass is 222 g/mol. The Kier molecular flexibility index (Phi) is 3.16. The van der Waals surface area contributed by atoms with Crippen molar-refractivity contribution in [3.63, 3.8) is 0 Å². The summed E-state index contributed by atoms with van der Waals surface area (Å²) in [5.41, 5.74) is 0.847. The Balaban J connectivity index is 1.93. The Bertz CT molecular complexity index is 363. The van der Waals surface area contributed by atoms with Gasteiger partial charge in [0.2, 0.25) is 0 Å². The molecule has 0 saturated heterocycles. The number of benzene rings is 1. The number of hydrogen-bond acceptors (Lipinski definition) is 2. The third-order valence-corrected chi connectivity index (χ3v) is 2.97. The molecule has 1 saturated carbocycles. The summed E-state index contributed by atoms with van der Waals surface area (Å²) >= 11 is 1.66. The highest BCUT2D eigenvalue weighted by atomic mass is 32.2. The van der Waals surface area contributed by atoms with Gasteiger partial charge in [-0.25, -0.2) is 4.79 Å². The average molecular weight is 222 g/mol. The number of rotatable bonds is 3. The van der Waals surface area contributed by atoms with Gasteiger partial charge in [-0.1, -0.05) is 6.07 Å². The van der Waals surface area contributed by atoms with Gasteiger partial charge in [-0.15, -0.1) is 11.8 Å². The van der Waals surface area contributed by atoms with E-state index < -0.39 is 0 Å². The summed E-state index contributed by atoms with van der Waals surface area (Å²) in [6.45, 7) is 0. The summed E-state index contributed by atoms with van der Waals surface area (Å²) in [6, 6.07) is 8.13. The largest absolute Gasteiger partial charge is 0.335 e. The van der Waals surface area contributed by atoms with Gasteiger partial charge in [0.25, 0.3) is 0 Å². The fourth-order valence-electron chi connectivity index (χ4n) is 1.28. The molecule has 2 N–H and O–H groups in total. The number of thioether (sulfide) groups is 1. The van der Waals surface area contributed by atoms with E-state index in [1.165, 1.54) is 0 Å². The van der Waals surface area contributed by atoms with Crippen molar-refractivity contribution in [2.24, 2.45) is 0 Å². The van der Waals surface area contributed by atoms with Crippen LogP contribution in [0.4, 0.5) is 10.5 Å². The SMILES string of the molecule is CSc1cccc(NC(=O)NC2CC2)c1. The molecule has 1 aromatic carbocycles. The van der Waals surface area contributed by atoms with Crippen LogP contribution in [0.25, 0.3) is 0 Å². The number of anilines is 1. The van der Waals surface area contributed by atoms with Gasteiger partial charge in [-0.05, 0) is 37.3 Å². The molecule has 0 aromatic heterocycles. The van der Waals surface area contributed by atoms with Gasteiger partial charge in [-0.2, -0.15) is 0 Å². The lowest BCUT2D eigenvalue weighted by molar-refractivity contribution is 0.251. The van der Waals surface area contributed by atoms with E-state index in [-0.39, 0.29) is 6.03 Å². The molecule has 1 aliphatic carbocycles. The zero-order valence-corrected chi connectivity index (χ0v) is 9.43. The first-order valence-corrected chi connectivity index (χ1v) is 6.22. The van der Waals surface area contributed by atoms with Gasteiger partial charge in [0.1, 0.15) is 0 Å². The van der Waals surface area contributed by atoms with E-state index in [2.05, 4.69) is 10.6 Å². The molecule has 1 fully saturated rings. The Morgan fingerprint density at radius 2 is 2.27 bits per heavy atom. The number of urea groups is 1. The highest BCUT2D eigenvalue weighted by molar-refractivity contribution is 7.98. The predicted molar refractivity (Wildman–Crippen MR) is 63.4 cm³/mol. The standard InChI is InChI=1S/C11H14N2OS/c1-15-10-4-2-3-9(7-10)13-11(14)12-8-5-6-8/h2-4,7-8H,5-6H2,1H3,(H2,12,13,14). The number of carbonyl (C=O) groups is 1. The summed E-state index contributed by atoms with van der Waals surface area (Å²) in [6.07, 6.45) is 4.24. The van der Waals surface area contributed by atoms with E-state index >= 15 is 0 Å². The third kappa shape index (κ3) is 3.16. The van der Waals surface area contributed by atoms with Crippen molar-refractivity contribution < 1.29 is 4.79 Å². The van der Waals surface area contributed by atoms with Crippen LogP contribution in [0, 0.1) is 0 Å². The molecule has 3 nitrogen and oxygen atoms in total. The molecule has 0 aliphatic heterocycles. The van der Waals surface area contributed by atoms with Crippen molar-refractivity contribution in [2.75, 3.05) is 11.6 Å². The van der Waals surface area contributed by atoms with E-state index in [1.807, 2.05) is 30.5 Å². The lowest BCUT2D eigenvalue weighted by Gasteiger charge is -2.07. The maximum absolute atomic E-state index is 11.4. The first kappa shape index (κ1) is 10.4. The van der Waals surface area contributed by atoms with Crippen LogP contribution in [-0.2, 0) is 0 Å². The summed E-state index contributed by atoms with van der Waals surface area (Å²) in [5, 5.41) is 5.71. The Hall–Kier alpha value is -1.16. The van der Waals surface area contributed by atoms with Crippen molar-refractivity contribution in [3.8, 4) is 0 Å². The van der Waals surface area contributed by atoms with Crippen LogP contribution in [-0.4, -0.2) is 18.3 Å². The summed E-state index contributed by atoms with van der Waals surface area (Å²) in [5.74, 6) is 0. The van der Waals surface area contributed by atoms with Crippen LogP contribution >= 0.6 is 11.8 Å². The van der Waals surface area contributed by atoms with Crippen LogP contribution in [0.3, 0.4) is 0 Å². The van der Waals surface area contributed by atoms with Crippen molar-refractivity contribution in [3.05, 3.63) is 24.3 Å². The minimum absolute atomic E-state index is 0.101. The third-order valence-electron chi connectivity index (χ3n) is 2.24. The zero-order chi connectivity index (χ0) is 10.7. The fourth-order valence-corrected chi connectivity index (χ4v) is 1.74. The summed E-state index contributed by atoms with van der Waals surface area (Å²) in [7, 11) is 0. The van der Waals surface area contributed by atoms with Gasteiger partial charge < -0.3 is 10.6 Å². The normalized spacial score (nSPS) is 14.7. The highest BCUT2D eigenvalue weighted by Gasteiger charge is 2.23. The second kappa shape index (κ2) is 4.57. The lowest BCUT2D eigenvalue weighted by atomic mass is 10.3. The highest BCUT2D eigenvalue weighted by Crippen LogP contribution is 2.20. The van der Waals surface area contributed by atoms with Gasteiger partial charge in [0.15, 0.2) is 0 Å². The quantitative estimate of drug-likeness (QED) is 0.772. The smallest absolute Gasteiger partial charge is 0.319 e. The molecule has 0 heterocycles. The molecule has 1 aliphatic rings. The maximum atomic E-state index is 11.4. The van der Waals surface area contributed by atoms with Crippen LogP contribution in [0.15, 0.2) is 29.2 Å². The lowest BCUT2D eigenvalue weighted by Crippen LogP contribution is -2.30. The first-order valence-electron chi connectivity index (χ1n) is 4.99. The first-order chi connectivity index (χ1) is 7.28. The van der Waals surface area contributed by atoms with Gasteiger partial charge in [-0.3, -0.25) is 0 Å². The molecule has 0 radical (unpaired) electrons. The molecule has 1 aromatic rings. The molecule has 15 heavy (non-hydrogen) atoms. The molecule has 2 amide bonds. The molecular formula is C11H14N2OS. The Morgan fingerprint density at radius 3 is 2.93 bits per heavy atom. The van der Waals surface area contributed by atoms with Crippen molar-refractivity contribution in [2.45, 2.75) is 23.8 Å². The van der Waals surface area contributed by atoms with Crippen molar-refractivity contribution >= 4 is 23.5 Å². The van der Waals surface area contributed by atoms with Crippen molar-refractivity contribution in [1.29, 1.82) is 0 Å². The topological polar surface area (TPSA) is 41.1 Å². The Morgan fingerprint density at radius 1 is 1.47 bits per heavy atom. The van der Waals surface area contributed by atoms with Crippen LogP contribution < -0.4 is 10.6 Å². The molecule has 80 valence electrons. The van der Waals surface area contributed by atoms with E-state index in [1.54, 1.807) is 11.8 Å². The van der Waals surface area contributed by atoms with Crippen LogP contribution in [0.5, 0.6) is 0 Å². The van der Waals surface area contributed by atoms with E-state index in [0.717, 1.165) is 23.4 Å². The number of nitrogens with one attached hydrogen (secondary N) is 2. The van der Waals surface area contributed by atoms with Crippen molar-refractivity contribution in [1.82, 2.24) is 5.32 Å². The molecular weight excluding hydrogens is 208 g/mol. The molecule has 0 atom stereocenters. The van der Waals surface area contributed by atoms with E-state index in [4.69, 9.17) is 0 Å². The molecule has 0 bridgehead atoms. The Labute approximate surface area is 93.6 Å². The van der Waals surface area contributed by atoms with Gasteiger partial charge in [0, 0.05) is 16.6 Å². The van der Waals surface area contributed by atoms with Crippen LogP contribution in [0.2, 0.25) is 0 Å². The second-order valence-electron chi connectivity index (χ2n) is 3.60. The maximum Gasteiger partial charge on any atom is 0.319 e. The van der Waals surface area contributed by atoms with E-state index in [9.17, 15) is 4.79 Å². The summed E-state index contributed by atoms with van der Waals surface area (Å²) < 4.78 is 0.